The highest BCUT2D eigenvalue weighted by atomic mass is 79.9. The van der Waals surface area contributed by atoms with Crippen LogP contribution >= 0.6 is 39.0 Å². The first-order chi connectivity index (χ1) is 13.9. The monoisotopic (exact) mass is 495 g/mol. The summed E-state index contributed by atoms with van der Waals surface area (Å²) in [6.45, 7) is 4.11. The Morgan fingerprint density at radius 1 is 1.07 bits per heavy atom. The summed E-state index contributed by atoms with van der Waals surface area (Å²) in [4.78, 5) is 42.3. The minimum Gasteiger partial charge on any atom is -0.338 e. The van der Waals surface area contributed by atoms with Gasteiger partial charge in [-0.2, -0.15) is 0 Å². The lowest BCUT2D eigenvalue weighted by Gasteiger charge is -2.34. The van der Waals surface area contributed by atoms with E-state index in [2.05, 4.69) is 21.2 Å². The second-order valence-corrected chi connectivity index (χ2v) is 9.82. The van der Waals surface area contributed by atoms with E-state index in [4.69, 9.17) is 0 Å². The lowest BCUT2D eigenvalue weighted by atomic mass is 10.3. The number of piperazine rings is 1. The smallest absolute Gasteiger partial charge is 0.264 e. The van der Waals surface area contributed by atoms with Crippen LogP contribution in [0.15, 0.2) is 40.9 Å². The summed E-state index contributed by atoms with van der Waals surface area (Å²) < 4.78 is 0.893. The Balaban J connectivity index is 1.37. The minimum atomic E-state index is -0.137. The maximum atomic E-state index is 12.5. The van der Waals surface area contributed by atoms with E-state index in [1.165, 1.54) is 23.1 Å². The molecule has 0 saturated carbocycles. The molecule has 1 aliphatic heterocycles. The van der Waals surface area contributed by atoms with Crippen LogP contribution in [-0.4, -0.2) is 65.2 Å². The fourth-order valence-electron chi connectivity index (χ4n) is 2.95. The van der Waals surface area contributed by atoms with Gasteiger partial charge in [0.05, 0.1) is 16.4 Å². The SMILES string of the molecule is Cc1ccc(C(=O)N2CCN(C(=O)CSCC(=O)Nc3cccc(Br)c3)CC2)s1. The van der Waals surface area contributed by atoms with Crippen LogP contribution in [0.1, 0.15) is 14.5 Å². The second kappa shape index (κ2) is 10.3. The van der Waals surface area contributed by atoms with Crippen molar-refractivity contribution in [2.75, 3.05) is 43.0 Å². The lowest BCUT2D eigenvalue weighted by Crippen LogP contribution is -2.51. The number of hydrogen-bond acceptors (Lipinski definition) is 5. The van der Waals surface area contributed by atoms with Gasteiger partial charge >= 0.3 is 0 Å². The molecule has 1 N–H and O–H groups in total. The maximum absolute atomic E-state index is 12.5. The van der Waals surface area contributed by atoms with Crippen molar-refractivity contribution >= 4 is 62.4 Å². The average molecular weight is 496 g/mol. The van der Waals surface area contributed by atoms with Gasteiger partial charge in [-0.1, -0.05) is 22.0 Å². The molecule has 0 radical (unpaired) electrons. The van der Waals surface area contributed by atoms with Crippen molar-refractivity contribution in [1.29, 1.82) is 0 Å². The number of thioether (sulfide) groups is 1. The number of nitrogens with zero attached hydrogens (tertiary/aromatic N) is 2. The summed E-state index contributed by atoms with van der Waals surface area (Å²) in [5.74, 6) is 0.374. The molecule has 154 valence electrons. The number of nitrogens with one attached hydrogen (secondary N) is 1. The number of aryl methyl sites for hydroxylation is 1. The van der Waals surface area contributed by atoms with E-state index < -0.39 is 0 Å². The molecule has 29 heavy (non-hydrogen) atoms. The fourth-order valence-corrected chi connectivity index (χ4v) is 4.90. The van der Waals surface area contributed by atoms with Crippen molar-refractivity contribution in [3.8, 4) is 0 Å². The van der Waals surface area contributed by atoms with Gasteiger partial charge in [-0.25, -0.2) is 0 Å². The number of benzene rings is 1. The first-order valence-electron chi connectivity index (χ1n) is 9.19. The molecule has 1 aromatic heterocycles. The third-order valence-electron chi connectivity index (χ3n) is 4.44. The zero-order valence-electron chi connectivity index (χ0n) is 16.0. The Morgan fingerprint density at radius 3 is 2.45 bits per heavy atom. The van der Waals surface area contributed by atoms with Crippen molar-refractivity contribution in [2.24, 2.45) is 0 Å². The van der Waals surface area contributed by atoms with E-state index in [0.717, 1.165) is 19.9 Å². The highest BCUT2D eigenvalue weighted by molar-refractivity contribution is 9.10. The van der Waals surface area contributed by atoms with Gasteiger partial charge in [0.1, 0.15) is 0 Å². The summed E-state index contributed by atoms with van der Waals surface area (Å²) in [5.41, 5.74) is 0.720. The molecule has 2 heterocycles. The Bertz CT molecular complexity index is 895. The number of anilines is 1. The Labute approximate surface area is 186 Å². The Morgan fingerprint density at radius 2 is 1.79 bits per heavy atom. The molecule has 1 aromatic carbocycles. The van der Waals surface area contributed by atoms with Gasteiger partial charge in [0.25, 0.3) is 5.91 Å². The zero-order valence-corrected chi connectivity index (χ0v) is 19.2. The first kappa shape index (κ1) is 21.9. The normalized spacial score (nSPS) is 14.0. The summed E-state index contributed by atoms with van der Waals surface area (Å²) in [7, 11) is 0. The van der Waals surface area contributed by atoms with E-state index in [9.17, 15) is 14.4 Å². The summed E-state index contributed by atoms with van der Waals surface area (Å²) in [6, 6.07) is 11.2. The average Bonchev–Trinajstić information content (AvgIpc) is 3.14. The van der Waals surface area contributed by atoms with E-state index >= 15 is 0 Å². The topological polar surface area (TPSA) is 69.7 Å². The van der Waals surface area contributed by atoms with E-state index in [1.54, 1.807) is 9.80 Å². The van der Waals surface area contributed by atoms with Gasteiger partial charge in [0.2, 0.25) is 11.8 Å². The number of amides is 3. The van der Waals surface area contributed by atoms with E-state index in [-0.39, 0.29) is 29.2 Å². The fraction of sp³-hybridized carbons (Fsp3) is 0.350. The molecule has 1 aliphatic rings. The Kier molecular flexibility index (Phi) is 7.74. The van der Waals surface area contributed by atoms with Crippen molar-refractivity contribution < 1.29 is 14.4 Å². The molecule has 6 nitrogen and oxygen atoms in total. The van der Waals surface area contributed by atoms with Crippen LogP contribution < -0.4 is 5.32 Å². The number of halogens is 1. The van der Waals surface area contributed by atoms with Crippen LogP contribution in [0.25, 0.3) is 0 Å². The molecule has 1 saturated heterocycles. The van der Waals surface area contributed by atoms with Gasteiger partial charge in [0.15, 0.2) is 0 Å². The van der Waals surface area contributed by atoms with Gasteiger partial charge < -0.3 is 15.1 Å². The third-order valence-corrected chi connectivity index (χ3v) is 6.84. The molecule has 0 unspecified atom stereocenters. The van der Waals surface area contributed by atoms with E-state index in [0.29, 0.717) is 26.2 Å². The molecule has 9 heteroatoms. The predicted octanol–water partition coefficient (Wildman–Crippen LogP) is 3.48. The zero-order chi connectivity index (χ0) is 20.8. The van der Waals surface area contributed by atoms with Gasteiger partial charge in [-0.3, -0.25) is 14.4 Å². The molecular weight excluding hydrogens is 474 g/mol. The molecule has 3 amide bonds. The third kappa shape index (κ3) is 6.32. The van der Waals surface area contributed by atoms with Gasteiger partial charge in [-0.15, -0.1) is 23.1 Å². The quantitative estimate of drug-likeness (QED) is 0.665. The largest absolute Gasteiger partial charge is 0.338 e. The van der Waals surface area contributed by atoms with Crippen LogP contribution in [0.5, 0.6) is 0 Å². The van der Waals surface area contributed by atoms with Crippen LogP contribution in [0.4, 0.5) is 5.69 Å². The highest BCUT2D eigenvalue weighted by Crippen LogP contribution is 2.19. The first-order valence-corrected chi connectivity index (χ1v) is 12.0. The summed E-state index contributed by atoms with van der Waals surface area (Å²) in [5, 5.41) is 2.81. The van der Waals surface area contributed by atoms with E-state index in [1.807, 2.05) is 43.3 Å². The summed E-state index contributed by atoms with van der Waals surface area (Å²) >= 11 is 6.16. The van der Waals surface area contributed by atoms with Crippen LogP contribution in [0, 0.1) is 6.92 Å². The molecular formula is C20H22BrN3O3S2. The van der Waals surface area contributed by atoms with Crippen molar-refractivity contribution in [2.45, 2.75) is 6.92 Å². The number of hydrogen-bond donors (Lipinski definition) is 1. The van der Waals surface area contributed by atoms with Crippen molar-refractivity contribution in [3.63, 3.8) is 0 Å². The predicted molar refractivity (Wildman–Crippen MR) is 122 cm³/mol. The standard InChI is InChI=1S/C20H22BrN3O3S2/c1-14-5-6-17(29-14)20(27)24-9-7-23(8-10-24)19(26)13-28-12-18(25)22-16-4-2-3-15(21)11-16/h2-6,11H,7-10,12-13H2,1H3,(H,22,25). The highest BCUT2D eigenvalue weighted by Gasteiger charge is 2.25. The maximum Gasteiger partial charge on any atom is 0.264 e. The van der Waals surface area contributed by atoms with Crippen LogP contribution in [0.3, 0.4) is 0 Å². The molecule has 0 atom stereocenters. The molecule has 3 rings (SSSR count). The van der Waals surface area contributed by atoms with Gasteiger partial charge in [0, 0.05) is 41.2 Å². The Hall–Kier alpha value is -1.84. The number of rotatable bonds is 6. The summed E-state index contributed by atoms with van der Waals surface area (Å²) in [6.07, 6.45) is 0. The lowest BCUT2D eigenvalue weighted by molar-refractivity contribution is -0.129. The molecule has 1 fully saturated rings. The number of carbonyl (C=O) groups excluding carboxylic acids is 3. The molecule has 0 spiro atoms. The number of thiophene rings is 1. The van der Waals surface area contributed by atoms with Crippen molar-refractivity contribution in [3.05, 3.63) is 50.6 Å². The number of carbonyl (C=O) groups is 3. The molecule has 0 aliphatic carbocycles. The second-order valence-electron chi connectivity index (χ2n) is 6.63. The minimum absolute atomic E-state index is 0.00400. The van der Waals surface area contributed by atoms with Crippen LogP contribution in [-0.2, 0) is 9.59 Å². The molecule has 0 bridgehead atoms. The van der Waals surface area contributed by atoms with Crippen LogP contribution in [0.2, 0.25) is 0 Å². The van der Waals surface area contributed by atoms with Crippen molar-refractivity contribution in [1.82, 2.24) is 9.80 Å². The molecule has 2 aromatic rings. The van der Waals surface area contributed by atoms with Gasteiger partial charge in [-0.05, 0) is 37.3 Å².